The van der Waals surface area contributed by atoms with Crippen LogP contribution in [-0.2, 0) is 10.0 Å². The van der Waals surface area contributed by atoms with Gasteiger partial charge in [-0.15, -0.1) is 0 Å². The van der Waals surface area contributed by atoms with Crippen LogP contribution in [0.3, 0.4) is 0 Å². The summed E-state index contributed by atoms with van der Waals surface area (Å²) < 4.78 is 43.9. The van der Waals surface area contributed by atoms with Gasteiger partial charge >= 0.3 is 0 Å². The number of ether oxygens (including phenoxy) is 1. The zero-order chi connectivity index (χ0) is 18.9. The molecule has 0 saturated carbocycles. The van der Waals surface area contributed by atoms with Gasteiger partial charge in [-0.1, -0.05) is 29.8 Å². The Balaban J connectivity index is 1.75. The van der Waals surface area contributed by atoms with Gasteiger partial charge < -0.3 is 9.64 Å². The van der Waals surface area contributed by atoms with Crippen LogP contribution in [0.25, 0.3) is 0 Å². The van der Waals surface area contributed by atoms with E-state index in [4.69, 9.17) is 16.3 Å². The largest absolute Gasteiger partial charge is 0.486 e. The fourth-order valence-corrected chi connectivity index (χ4v) is 3.18. The fourth-order valence-electron chi connectivity index (χ4n) is 2.57. The van der Waals surface area contributed by atoms with Crippen LogP contribution in [0.5, 0.6) is 5.75 Å². The van der Waals surface area contributed by atoms with Crippen LogP contribution in [0.15, 0.2) is 42.5 Å². The molecule has 0 aliphatic carbocycles. The Hall–Kier alpha value is -2.32. The number of halogens is 2. The van der Waals surface area contributed by atoms with Crippen molar-refractivity contribution in [2.45, 2.75) is 6.10 Å². The number of anilines is 1. The van der Waals surface area contributed by atoms with E-state index in [1.165, 1.54) is 0 Å². The van der Waals surface area contributed by atoms with Crippen molar-refractivity contribution >= 4 is 33.2 Å². The molecule has 0 atom stereocenters. The first kappa shape index (κ1) is 18.5. The lowest BCUT2D eigenvalue weighted by Gasteiger charge is -2.40. The Kier molecular flexibility index (Phi) is 5.06. The van der Waals surface area contributed by atoms with E-state index in [1.54, 1.807) is 0 Å². The molecule has 1 amide bonds. The zero-order valence-corrected chi connectivity index (χ0v) is 15.3. The van der Waals surface area contributed by atoms with Gasteiger partial charge in [-0.3, -0.25) is 4.79 Å². The molecular weight excluding hydrogens is 383 g/mol. The number of hydrogen-bond donors (Lipinski definition) is 1. The van der Waals surface area contributed by atoms with Gasteiger partial charge in [-0.05, 0) is 18.2 Å². The minimum absolute atomic E-state index is 0.0502. The van der Waals surface area contributed by atoms with E-state index in [0.717, 1.165) is 24.1 Å². The van der Waals surface area contributed by atoms with Crippen molar-refractivity contribution in [3.63, 3.8) is 0 Å². The standard InChI is InChI=1S/C17H16ClFN2O4S/c1-26(23,24)20-17(22)13-7-14(18)15(19)8-16(13)25-12-9-21(10-12)11-5-3-2-4-6-11/h2-8,12H,9-10H2,1H3,(H,20,22). The highest BCUT2D eigenvalue weighted by molar-refractivity contribution is 7.89. The van der Waals surface area contributed by atoms with Crippen molar-refractivity contribution < 1.29 is 22.3 Å². The molecule has 1 heterocycles. The van der Waals surface area contributed by atoms with E-state index in [0.29, 0.717) is 13.1 Å². The van der Waals surface area contributed by atoms with Crippen molar-refractivity contribution in [1.29, 1.82) is 0 Å². The van der Waals surface area contributed by atoms with Crippen LogP contribution in [0, 0.1) is 5.82 Å². The Bertz CT molecular complexity index is 931. The molecule has 2 aromatic carbocycles. The summed E-state index contributed by atoms with van der Waals surface area (Å²) in [6, 6.07) is 11.7. The molecule has 0 spiro atoms. The summed E-state index contributed by atoms with van der Waals surface area (Å²) in [6.45, 7) is 1.11. The molecule has 138 valence electrons. The molecule has 0 bridgehead atoms. The second-order valence-electron chi connectivity index (χ2n) is 5.95. The molecule has 1 N–H and O–H groups in total. The maximum Gasteiger partial charge on any atom is 0.268 e. The zero-order valence-electron chi connectivity index (χ0n) is 13.8. The highest BCUT2D eigenvalue weighted by Gasteiger charge is 2.30. The number of nitrogens with zero attached hydrogens (tertiary/aromatic N) is 1. The van der Waals surface area contributed by atoms with Gasteiger partial charge in [-0.2, -0.15) is 0 Å². The van der Waals surface area contributed by atoms with Gasteiger partial charge in [0.05, 0.1) is 29.9 Å². The summed E-state index contributed by atoms with van der Waals surface area (Å²) in [5, 5.41) is -0.296. The fraction of sp³-hybridized carbons (Fsp3) is 0.235. The van der Waals surface area contributed by atoms with E-state index in [2.05, 4.69) is 4.90 Å². The highest BCUT2D eigenvalue weighted by atomic mass is 35.5. The minimum atomic E-state index is -3.78. The van der Waals surface area contributed by atoms with E-state index < -0.39 is 21.7 Å². The third-order valence-corrected chi connectivity index (χ3v) is 4.65. The van der Waals surface area contributed by atoms with Crippen LogP contribution in [0.2, 0.25) is 5.02 Å². The molecule has 3 rings (SSSR count). The summed E-state index contributed by atoms with van der Waals surface area (Å²) in [5.74, 6) is -1.73. The van der Waals surface area contributed by atoms with Gasteiger partial charge in [0.2, 0.25) is 10.0 Å². The number of hydrogen-bond acceptors (Lipinski definition) is 5. The number of carbonyl (C=O) groups is 1. The van der Waals surface area contributed by atoms with E-state index in [9.17, 15) is 17.6 Å². The summed E-state index contributed by atoms with van der Waals surface area (Å²) in [4.78, 5) is 14.2. The SMILES string of the molecule is CS(=O)(=O)NC(=O)c1cc(Cl)c(F)cc1OC1CN(c2ccccc2)C1. The second-order valence-corrected chi connectivity index (χ2v) is 8.10. The number of carbonyl (C=O) groups excluding carboxylic acids is 1. The predicted octanol–water partition coefficient (Wildman–Crippen LogP) is 2.44. The molecule has 1 saturated heterocycles. The normalized spacial score (nSPS) is 14.7. The molecule has 1 aliphatic rings. The molecule has 0 unspecified atom stereocenters. The van der Waals surface area contributed by atoms with Crippen LogP contribution in [0.1, 0.15) is 10.4 Å². The lowest BCUT2D eigenvalue weighted by atomic mass is 10.1. The number of para-hydroxylation sites is 1. The van der Waals surface area contributed by atoms with Crippen LogP contribution >= 0.6 is 11.6 Å². The molecule has 1 aliphatic heterocycles. The van der Waals surface area contributed by atoms with E-state index >= 15 is 0 Å². The number of benzene rings is 2. The lowest BCUT2D eigenvalue weighted by Crippen LogP contribution is -2.54. The lowest BCUT2D eigenvalue weighted by molar-refractivity contribution is 0.0971. The molecule has 6 nitrogen and oxygen atoms in total. The Labute approximate surface area is 155 Å². The molecular formula is C17H16ClFN2O4S. The Morgan fingerprint density at radius 1 is 1.27 bits per heavy atom. The molecule has 0 radical (unpaired) electrons. The molecule has 0 aromatic heterocycles. The van der Waals surface area contributed by atoms with Crippen molar-refractivity contribution in [3.05, 3.63) is 58.9 Å². The van der Waals surface area contributed by atoms with Gasteiger partial charge in [-0.25, -0.2) is 17.5 Å². The molecule has 26 heavy (non-hydrogen) atoms. The van der Waals surface area contributed by atoms with Gasteiger partial charge in [0, 0.05) is 11.8 Å². The van der Waals surface area contributed by atoms with Crippen LogP contribution in [0.4, 0.5) is 10.1 Å². The van der Waals surface area contributed by atoms with Crippen molar-refractivity contribution in [2.24, 2.45) is 0 Å². The third-order valence-electron chi connectivity index (χ3n) is 3.81. The minimum Gasteiger partial charge on any atom is -0.486 e. The van der Waals surface area contributed by atoms with Crippen molar-refractivity contribution in [1.82, 2.24) is 4.72 Å². The number of sulfonamides is 1. The first-order valence-electron chi connectivity index (χ1n) is 7.71. The quantitative estimate of drug-likeness (QED) is 0.837. The van der Waals surface area contributed by atoms with Crippen molar-refractivity contribution in [3.8, 4) is 5.75 Å². The highest BCUT2D eigenvalue weighted by Crippen LogP contribution is 2.30. The summed E-state index contributed by atoms with van der Waals surface area (Å²) in [7, 11) is -3.78. The predicted molar refractivity (Wildman–Crippen MR) is 96.8 cm³/mol. The Morgan fingerprint density at radius 3 is 2.54 bits per heavy atom. The smallest absolute Gasteiger partial charge is 0.268 e. The molecule has 9 heteroatoms. The van der Waals surface area contributed by atoms with Crippen LogP contribution in [-0.4, -0.2) is 39.8 Å². The van der Waals surface area contributed by atoms with Gasteiger partial charge in [0.25, 0.3) is 5.91 Å². The monoisotopic (exact) mass is 398 g/mol. The third kappa shape index (κ3) is 4.25. The van der Waals surface area contributed by atoms with Crippen LogP contribution < -0.4 is 14.4 Å². The first-order chi connectivity index (χ1) is 12.2. The average Bonchev–Trinajstić information content (AvgIpc) is 2.52. The van der Waals surface area contributed by atoms with Gasteiger partial charge in [0.1, 0.15) is 17.7 Å². The summed E-state index contributed by atoms with van der Waals surface area (Å²) >= 11 is 5.72. The topological polar surface area (TPSA) is 75.7 Å². The number of rotatable bonds is 5. The number of amides is 1. The first-order valence-corrected chi connectivity index (χ1v) is 9.97. The summed E-state index contributed by atoms with van der Waals surface area (Å²) in [5.41, 5.74) is 0.893. The maximum atomic E-state index is 13.8. The summed E-state index contributed by atoms with van der Waals surface area (Å²) in [6.07, 6.45) is 0.584. The Morgan fingerprint density at radius 2 is 1.92 bits per heavy atom. The van der Waals surface area contributed by atoms with E-state index in [-0.39, 0.29) is 22.4 Å². The molecule has 1 fully saturated rings. The van der Waals surface area contributed by atoms with E-state index in [1.807, 2.05) is 35.1 Å². The second kappa shape index (κ2) is 7.13. The average molecular weight is 399 g/mol. The van der Waals surface area contributed by atoms with Gasteiger partial charge in [0.15, 0.2) is 0 Å². The van der Waals surface area contributed by atoms with Crippen molar-refractivity contribution in [2.75, 3.05) is 24.2 Å². The molecule has 2 aromatic rings. The number of nitrogens with one attached hydrogen (secondary N) is 1. The maximum absolute atomic E-state index is 13.8.